The van der Waals surface area contributed by atoms with Crippen LogP contribution in [0.1, 0.15) is 16.8 Å². The van der Waals surface area contributed by atoms with Gasteiger partial charge in [0.15, 0.2) is 0 Å². The largest absolute Gasteiger partial charge is 0.497 e. The van der Waals surface area contributed by atoms with Gasteiger partial charge in [0.05, 0.1) is 30.9 Å². The Morgan fingerprint density at radius 2 is 1.88 bits per heavy atom. The molecule has 1 aromatic carbocycles. The summed E-state index contributed by atoms with van der Waals surface area (Å²) in [6.45, 7) is 3.66. The number of imidazole rings is 1. The predicted molar refractivity (Wildman–Crippen MR) is 99.6 cm³/mol. The number of methoxy groups -OCH3 is 2. The number of rotatable bonds is 5. The van der Waals surface area contributed by atoms with E-state index in [1.165, 1.54) is 0 Å². The summed E-state index contributed by atoms with van der Waals surface area (Å²) < 4.78 is 36.0. The van der Waals surface area contributed by atoms with E-state index in [9.17, 15) is 8.42 Å². The molecule has 0 aliphatic carbocycles. The summed E-state index contributed by atoms with van der Waals surface area (Å²) in [6, 6.07) is 5.15. The first-order valence-electron chi connectivity index (χ1n) is 7.61. The van der Waals surface area contributed by atoms with Crippen LogP contribution in [0, 0.1) is 13.8 Å². The van der Waals surface area contributed by atoms with Gasteiger partial charge >= 0.3 is 0 Å². The molecule has 1 N–H and O–H groups in total. The number of hydrogen-bond acceptors (Lipinski definition) is 6. The van der Waals surface area contributed by atoms with Gasteiger partial charge in [0.1, 0.15) is 17.3 Å². The summed E-state index contributed by atoms with van der Waals surface area (Å²) in [5.74, 6) is 1.02. The van der Waals surface area contributed by atoms with Crippen LogP contribution in [0.3, 0.4) is 0 Å². The van der Waals surface area contributed by atoms with Crippen molar-refractivity contribution >= 4 is 50.4 Å². The summed E-state index contributed by atoms with van der Waals surface area (Å²) in [7, 11) is -0.575. The number of hydrogen-bond donors (Lipinski definition) is 1. The molecule has 0 aliphatic heterocycles. The molecule has 0 unspecified atom stereocenters. The van der Waals surface area contributed by atoms with Crippen LogP contribution >= 0.6 is 0 Å². The number of aromatic amines is 1. The third-order valence-corrected chi connectivity index (χ3v) is 5.47. The van der Waals surface area contributed by atoms with E-state index in [4.69, 9.17) is 9.47 Å². The summed E-state index contributed by atoms with van der Waals surface area (Å²) in [4.78, 5) is 11.3. The Bertz CT molecular complexity index is 1050. The van der Waals surface area contributed by atoms with Gasteiger partial charge < -0.3 is 14.5 Å². The zero-order valence-electron chi connectivity index (χ0n) is 15.5. The second-order valence-electron chi connectivity index (χ2n) is 5.73. The van der Waals surface area contributed by atoms with Crippen molar-refractivity contribution in [3.05, 3.63) is 41.2 Å². The van der Waals surface area contributed by atoms with E-state index in [0.29, 0.717) is 33.8 Å². The van der Waals surface area contributed by atoms with Gasteiger partial charge in [-0.05, 0) is 26.0 Å². The number of fused-ring (bicyclic) bond motifs is 1. The molecule has 1 radical (unpaired) electrons. The molecule has 0 saturated carbocycles. The molecule has 2 heterocycles. The van der Waals surface area contributed by atoms with Gasteiger partial charge in [-0.1, -0.05) is 0 Å². The van der Waals surface area contributed by atoms with Crippen LogP contribution in [-0.4, -0.2) is 67.1 Å². The quantitative estimate of drug-likeness (QED) is 0.678. The van der Waals surface area contributed by atoms with E-state index in [2.05, 4.69) is 15.0 Å². The number of nitrogens with zero attached hydrogens (tertiary/aromatic N) is 2. The number of aromatic nitrogens is 3. The normalized spacial score (nSPS) is 11.2. The van der Waals surface area contributed by atoms with Crippen molar-refractivity contribution in [3.8, 4) is 11.5 Å². The number of benzene rings is 1. The maximum absolute atomic E-state index is 12.8. The van der Waals surface area contributed by atoms with Crippen LogP contribution in [0.15, 0.2) is 29.6 Å². The Hall–Kier alpha value is -1.61. The molecule has 0 bridgehead atoms. The Labute approximate surface area is 174 Å². The molecule has 0 atom stereocenters. The van der Waals surface area contributed by atoms with E-state index in [1.54, 1.807) is 45.5 Å². The maximum atomic E-state index is 12.8. The van der Waals surface area contributed by atoms with E-state index < -0.39 is 9.84 Å². The second kappa shape index (κ2) is 7.96. The van der Waals surface area contributed by atoms with Crippen molar-refractivity contribution in [1.82, 2.24) is 15.0 Å². The standard InChI is InChI=1S/C17H19N3O4S.Na/c1-10-8-18-15(11(2)16(10)24-4)9-25(21,22)17-19-13-6-5-12(23-3)7-14(13)20-17;/h5-8H,9H2,1-4H3,(H,19,20);. The van der Waals surface area contributed by atoms with Gasteiger partial charge in [0.25, 0.3) is 0 Å². The zero-order valence-corrected chi connectivity index (χ0v) is 18.3. The third kappa shape index (κ3) is 3.88. The molecule has 0 aliphatic rings. The third-order valence-electron chi connectivity index (χ3n) is 4.04. The van der Waals surface area contributed by atoms with Crippen LogP contribution in [0.4, 0.5) is 0 Å². The second-order valence-corrected chi connectivity index (χ2v) is 7.64. The average molecular weight is 384 g/mol. The van der Waals surface area contributed by atoms with Gasteiger partial charge in [-0.25, -0.2) is 13.4 Å². The molecule has 3 rings (SSSR count). The minimum atomic E-state index is -3.68. The molecular weight excluding hydrogens is 365 g/mol. The molecule has 7 nitrogen and oxygen atoms in total. The molecule has 0 saturated heterocycles. The van der Waals surface area contributed by atoms with Crippen LogP contribution in [0.5, 0.6) is 11.5 Å². The van der Waals surface area contributed by atoms with Gasteiger partial charge in [-0.15, -0.1) is 0 Å². The number of ether oxygens (including phenoxy) is 2. The number of sulfone groups is 1. The fourth-order valence-electron chi connectivity index (χ4n) is 2.70. The Balaban J connectivity index is 0.00000243. The van der Waals surface area contributed by atoms with Crippen molar-refractivity contribution in [2.45, 2.75) is 24.8 Å². The Kier molecular flexibility index (Phi) is 6.33. The van der Waals surface area contributed by atoms with Crippen LogP contribution < -0.4 is 9.47 Å². The summed E-state index contributed by atoms with van der Waals surface area (Å²) in [5.41, 5.74) is 3.18. The summed E-state index contributed by atoms with van der Waals surface area (Å²) in [6.07, 6.45) is 1.61. The fraction of sp³-hybridized carbons (Fsp3) is 0.294. The predicted octanol–water partition coefficient (Wildman–Crippen LogP) is 2.19. The Morgan fingerprint density at radius 3 is 2.54 bits per heavy atom. The molecule has 0 fully saturated rings. The number of aryl methyl sites for hydroxylation is 1. The van der Waals surface area contributed by atoms with Crippen LogP contribution in [0.25, 0.3) is 11.0 Å². The monoisotopic (exact) mass is 384 g/mol. The molecular formula is C17H19N3NaO4S. The first-order valence-corrected chi connectivity index (χ1v) is 9.26. The topological polar surface area (TPSA) is 94.2 Å². The molecule has 26 heavy (non-hydrogen) atoms. The summed E-state index contributed by atoms with van der Waals surface area (Å²) in [5, 5.41) is -0.0866. The van der Waals surface area contributed by atoms with Crippen molar-refractivity contribution < 1.29 is 17.9 Å². The Morgan fingerprint density at radius 1 is 1.15 bits per heavy atom. The minimum Gasteiger partial charge on any atom is -0.497 e. The number of nitrogens with one attached hydrogen (secondary N) is 1. The van der Waals surface area contributed by atoms with E-state index in [1.807, 2.05) is 6.92 Å². The molecule has 133 valence electrons. The number of pyridine rings is 1. The van der Waals surface area contributed by atoms with Crippen LogP contribution in [0.2, 0.25) is 0 Å². The first kappa shape index (κ1) is 20.7. The average Bonchev–Trinajstić information content (AvgIpc) is 3.02. The van der Waals surface area contributed by atoms with Gasteiger partial charge in [0, 0.05) is 52.9 Å². The number of H-pyrrole nitrogens is 1. The van der Waals surface area contributed by atoms with Crippen molar-refractivity contribution in [2.24, 2.45) is 0 Å². The minimum absolute atomic E-state index is 0. The van der Waals surface area contributed by atoms with E-state index >= 15 is 0 Å². The zero-order chi connectivity index (χ0) is 18.2. The van der Waals surface area contributed by atoms with Gasteiger partial charge in [-0.2, -0.15) is 0 Å². The summed E-state index contributed by atoms with van der Waals surface area (Å²) >= 11 is 0. The van der Waals surface area contributed by atoms with Crippen LogP contribution in [-0.2, 0) is 15.6 Å². The maximum Gasteiger partial charge on any atom is 0.226 e. The van der Waals surface area contributed by atoms with Crippen molar-refractivity contribution in [2.75, 3.05) is 14.2 Å². The SMILES string of the molecule is COc1ccc2nc(S(=O)(=O)Cc3ncc(C)c(OC)c3C)[nH]c2c1.[Na]. The van der Waals surface area contributed by atoms with Crippen molar-refractivity contribution in [3.63, 3.8) is 0 Å². The molecule has 2 aromatic heterocycles. The smallest absolute Gasteiger partial charge is 0.226 e. The first-order chi connectivity index (χ1) is 11.9. The molecule has 0 amide bonds. The molecule has 9 heteroatoms. The van der Waals surface area contributed by atoms with Crippen molar-refractivity contribution in [1.29, 1.82) is 0 Å². The molecule has 3 aromatic rings. The van der Waals surface area contributed by atoms with E-state index in [0.717, 1.165) is 5.56 Å². The fourth-order valence-corrected chi connectivity index (χ4v) is 4.00. The molecule has 0 spiro atoms. The van der Waals surface area contributed by atoms with Gasteiger partial charge in [0.2, 0.25) is 15.0 Å². The van der Waals surface area contributed by atoms with E-state index in [-0.39, 0.29) is 40.5 Å². The van der Waals surface area contributed by atoms with Gasteiger partial charge in [-0.3, -0.25) is 4.98 Å².